The molecule has 2 rings (SSSR count). The van der Waals surface area contributed by atoms with Gasteiger partial charge in [0.25, 0.3) is 5.69 Å². The lowest BCUT2D eigenvalue weighted by atomic mass is 10.1. The number of nitro groups is 1. The first-order valence-electron chi connectivity index (χ1n) is 6.64. The van der Waals surface area contributed by atoms with Gasteiger partial charge in [-0.2, -0.15) is 0 Å². The van der Waals surface area contributed by atoms with Gasteiger partial charge in [-0.3, -0.25) is 10.1 Å². The minimum atomic E-state index is -0.453. The lowest BCUT2D eigenvalue weighted by molar-refractivity contribution is -0.385. The fraction of sp³-hybridized carbons (Fsp3) is 0.188. The summed E-state index contributed by atoms with van der Waals surface area (Å²) in [4.78, 5) is 15.7. The van der Waals surface area contributed by atoms with Gasteiger partial charge < -0.3 is 9.57 Å². The number of hydrogen-bond donors (Lipinski definition) is 0. The van der Waals surface area contributed by atoms with Crippen molar-refractivity contribution in [1.82, 2.24) is 0 Å². The van der Waals surface area contributed by atoms with E-state index in [0.717, 1.165) is 11.1 Å². The van der Waals surface area contributed by atoms with Crippen molar-refractivity contribution in [2.75, 3.05) is 7.11 Å². The van der Waals surface area contributed by atoms with Crippen LogP contribution < -0.4 is 4.74 Å². The second-order valence-electron chi connectivity index (χ2n) is 4.64. The van der Waals surface area contributed by atoms with Gasteiger partial charge in [-0.25, -0.2) is 0 Å². The molecule has 0 aliphatic heterocycles. The Morgan fingerprint density at radius 1 is 1.27 bits per heavy atom. The zero-order valence-corrected chi connectivity index (χ0v) is 12.4. The Kier molecular flexibility index (Phi) is 5.08. The molecule has 2 aromatic rings. The van der Waals surface area contributed by atoms with Crippen LogP contribution in [0, 0.1) is 17.0 Å². The Hall–Kier alpha value is -2.89. The predicted molar refractivity (Wildman–Crippen MR) is 83.2 cm³/mol. The number of oxime groups is 1. The topological polar surface area (TPSA) is 74.0 Å². The van der Waals surface area contributed by atoms with Gasteiger partial charge >= 0.3 is 0 Å². The van der Waals surface area contributed by atoms with E-state index < -0.39 is 4.92 Å². The van der Waals surface area contributed by atoms with Crippen molar-refractivity contribution in [1.29, 1.82) is 0 Å². The van der Waals surface area contributed by atoms with E-state index in [1.54, 1.807) is 25.3 Å². The lowest BCUT2D eigenvalue weighted by Gasteiger charge is -2.08. The molecule has 6 heteroatoms. The average Bonchev–Trinajstić information content (AvgIpc) is 2.52. The first-order chi connectivity index (χ1) is 10.6. The molecule has 2 aromatic carbocycles. The van der Waals surface area contributed by atoms with E-state index in [0.29, 0.717) is 11.3 Å². The summed E-state index contributed by atoms with van der Waals surface area (Å²) in [6.07, 6.45) is 1.33. The van der Waals surface area contributed by atoms with Gasteiger partial charge in [0, 0.05) is 11.6 Å². The molecule has 0 saturated heterocycles. The van der Waals surface area contributed by atoms with Gasteiger partial charge in [0.2, 0.25) is 0 Å². The fourth-order valence-electron chi connectivity index (χ4n) is 1.98. The van der Waals surface area contributed by atoms with E-state index in [1.165, 1.54) is 12.3 Å². The maximum absolute atomic E-state index is 10.9. The van der Waals surface area contributed by atoms with Crippen molar-refractivity contribution < 1.29 is 14.5 Å². The number of ether oxygens (including phenoxy) is 1. The summed E-state index contributed by atoms with van der Waals surface area (Å²) in [5.74, 6) is 0.714. The van der Waals surface area contributed by atoms with Crippen molar-refractivity contribution >= 4 is 11.9 Å². The molecule has 22 heavy (non-hydrogen) atoms. The van der Waals surface area contributed by atoms with Crippen molar-refractivity contribution in [3.63, 3.8) is 0 Å². The molecule has 0 atom stereocenters. The summed E-state index contributed by atoms with van der Waals surface area (Å²) < 4.78 is 5.25. The van der Waals surface area contributed by atoms with Crippen LogP contribution in [0.2, 0.25) is 0 Å². The molecule has 0 aliphatic carbocycles. The van der Waals surface area contributed by atoms with E-state index in [9.17, 15) is 10.1 Å². The van der Waals surface area contributed by atoms with Gasteiger partial charge in [-0.05, 0) is 25.1 Å². The van der Waals surface area contributed by atoms with Crippen LogP contribution in [0.5, 0.6) is 5.75 Å². The molecule has 0 amide bonds. The first-order valence-corrected chi connectivity index (χ1v) is 6.64. The smallest absolute Gasteiger partial charge is 0.278 e. The molecule has 6 nitrogen and oxygen atoms in total. The molecule has 0 saturated carbocycles. The number of nitrogens with zero attached hydrogens (tertiary/aromatic N) is 2. The van der Waals surface area contributed by atoms with E-state index in [4.69, 9.17) is 9.57 Å². The molecule has 0 bridgehead atoms. The maximum atomic E-state index is 10.9. The molecule has 0 fully saturated rings. The highest BCUT2D eigenvalue weighted by atomic mass is 16.6. The summed E-state index contributed by atoms with van der Waals surface area (Å²) in [6.45, 7) is 2.20. The van der Waals surface area contributed by atoms with E-state index in [-0.39, 0.29) is 12.3 Å². The maximum Gasteiger partial charge on any atom is 0.278 e. The fourth-order valence-corrected chi connectivity index (χ4v) is 1.98. The van der Waals surface area contributed by atoms with Crippen LogP contribution in [-0.4, -0.2) is 18.2 Å². The van der Waals surface area contributed by atoms with Crippen LogP contribution in [0.1, 0.15) is 16.7 Å². The highest BCUT2D eigenvalue weighted by molar-refractivity contribution is 5.84. The molecular formula is C16H16N2O4. The van der Waals surface area contributed by atoms with Crippen LogP contribution in [0.25, 0.3) is 0 Å². The third-order valence-corrected chi connectivity index (χ3v) is 3.06. The predicted octanol–water partition coefficient (Wildman–Crippen LogP) is 3.46. The van der Waals surface area contributed by atoms with Crippen LogP contribution in [0.4, 0.5) is 5.69 Å². The first kappa shape index (κ1) is 15.5. The lowest BCUT2D eigenvalue weighted by Crippen LogP contribution is -1.96. The highest BCUT2D eigenvalue weighted by Gasteiger charge is 2.10. The Morgan fingerprint density at radius 3 is 2.77 bits per heavy atom. The minimum Gasteiger partial charge on any atom is -0.496 e. The molecular weight excluding hydrogens is 284 g/mol. The molecule has 0 aromatic heterocycles. The SMILES string of the molecule is COc1ccc(C)cc1CO/N=C/c1ccccc1[N+](=O)[O-]. The second kappa shape index (κ2) is 7.21. The molecule has 0 unspecified atom stereocenters. The van der Waals surface area contributed by atoms with Crippen molar-refractivity contribution in [2.24, 2.45) is 5.16 Å². The van der Waals surface area contributed by atoms with Crippen molar-refractivity contribution in [2.45, 2.75) is 13.5 Å². The van der Waals surface area contributed by atoms with Gasteiger partial charge in [-0.1, -0.05) is 28.9 Å². The van der Waals surface area contributed by atoms with E-state index in [2.05, 4.69) is 5.16 Å². The Labute approximate surface area is 128 Å². The van der Waals surface area contributed by atoms with Gasteiger partial charge in [-0.15, -0.1) is 0 Å². The Balaban J connectivity index is 2.05. The number of benzene rings is 2. The van der Waals surface area contributed by atoms with Gasteiger partial charge in [0.1, 0.15) is 12.4 Å². The monoisotopic (exact) mass is 300 g/mol. The number of nitro benzene ring substituents is 1. The third-order valence-electron chi connectivity index (χ3n) is 3.06. The molecule has 0 aliphatic rings. The standard InChI is InChI=1S/C16H16N2O4/c1-12-7-8-16(21-2)14(9-12)11-22-17-10-13-5-3-4-6-15(13)18(19)20/h3-10H,11H2,1-2H3/b17-10+. The highest BCUT2D eigenvalue weighted by Crippen LogP contribution is 2.20. The van der Waals surface area contributed by atoms with Crippen LogP contribution in [-0.2, 0) is 11.4 Å². The summed E-state index contributed by atoms with van der Waals surface area (Å²) in [5.41, 5.74) is 2.33. The summed E-state index contributed by atoms with van der Waals surface area (Å²) in [6, 6.07) is 12.1. The summed E-state index contributed by atoms with van der Waals surface area (Å²) in [7, 11) is 1.59. The number of rotatable bonds is 6. The zero-order chi connectivity index (χ0) is 15.9. The molecule has 0 spiro atoms. The number of hydrogen-bond acceptors (Lipinski definition) is 5. The van der Waals surface area contributed by atoms with Gasteiger partial charge in [0.15, 0.2) is 0 Å². The van der Waals surface area contributed by atoms with E-state index in [1.807, 2.05) is 25.1 Å². The quantitative estimate of drug-likeness (QED) is 0.465. The molecule has 0 N–H and O–H groups in total. The molecule has 0 radical (unpaired) electrons. The number of aryl methyl sites for hydroxylation is 1. The Morgan fingerprint density at radius 2 is 2.05 bits per heavy atom. The minimum absolute atomic E-state index is 0.0111. The number of methoxy groups -OCH3 is 1. The third kappa shape index (κ3) is 3.82. The average molecular weight is 300 g/mol. The van der Waals surface area contributed by atoms with Crippen LogP contribution in [0.15, 0.2) is 47.6 Å². The van der Waals surface area contributed by atoms with Crippen LogP contribution in [0.3, 0.4) is 0 Å². The number of para-hydroxylation sites is 1. The van der Waals surface area contributed by atoms with Crippen molar-refractivity contribution in [3.05, 3.63) is 69.3 Å². The largest absolute Gasteiger partial charge is 0.496 e. The molecule has 114 valence electrons. The normalized spacial score (nSPS) is 10.6. The zero-order valence-electron chi connectivity index (χ0n) is 12.4. The Bertz CT molecular complexity index is 698. The summed E-state index contributed by atoms with van der Waals surface area (Å²) in [5, 5.41) is 14.7. The van der Waals surface area contributed by atoms with Crippen LogP contribution >= 0.6 is 0 Å². The molecule has 0 heterocycles. The summed E-state index contributed by atoms with van der Waals surface area (Å²) >= 11 is 0. The van der Waals surface area contributed by atoms with E-state index >= 15 is 0 Å². The van der Waals surface area contributed by atoms with Crippen molar-refractivity contribution in [3.8, 4) is 5.75 Å². The second-order valence-corrected chi connectivity index (χ2v) is 4.64. The van der Waals surface area contributed by atoms with Gasteiger partial charge in [0.05, 0.1) is 23.8 Å².